The number of carbonyl (C=O) groups excluding carboxylic acids is 3. The van der Waals surface area contributed by atoms with Crippen molar-refractivity contribution in [1.82, 2.24) is 15.3 Å². The molecule has 3 aromatic heterocycles. The number of benzene rings is 1. The Morgan fingerprint density at radius 3 is 2.74 bits per heavy atom. The van der Waals surface area contributed by atoms with Crippen LogP contribution in [0, 0.1) is 0 Å². The number of para-hydroxylation sites is 1. The van der Waals surface area contributed by atoms with E-state index in [1.807, 2.05) is 30.5 Å². The molecule has 0 bridgehead atoms. The lowest BCUT2D eigenvalue weighted by Crippen LogP contribution is -2.45. The van der Waals surface area contributed by atoms with Crippen molar-refractivity contribution in [1.29, 1.82) is 0 Å². The van der Waals surface area contributed by atoms with Gasteiger partial charge in [0.1, 0.15) is 6.04 Å². The summed E-state index contributed by atoms with van der Waals surface area (Å²) in [6.07, 6.45) is 2.14. The van der Waals surface area contributed by atoms with Crippen LogP contribution in [0.25, 0.3) is 10.9 Å². The molecule has 158 valence electrons. The molecule has 0 saturated heterocycles. The van der Waals surface area contributed by atoms with E-state index in [0.717, 1.165) is 16.5 Å². The molecule has 1 atom stereocenters. The lowest BCUT2D eigenvalue weighted by molar-refractivity contribution is -0.118. The predicted octanol–water partition coefficient (Wildman–Crippen LogP) is 2.69. The number of thiazole rings is 1. The summed E-state index contributed by atoms with van der Waals surface area (Å²) in [6, 6.07) is 10.4. The second kappa shape index (κ2) is 9.11. The molecular weight excluding hydrogens is 434 g/mol. The van der Waals surface area contributed by atoms with Gasteiger partial charge in [-0.1, -0.05) is 24.3 Å². The third kappa shape index (κ3) is 4.98. The SMILES string of the molecule is NC(=O)Cc1csc(NC(=O)C(Cc2c[nH]c3ccccc23)NC(=O)c2cccs2)n1. The van der Waals surface area contributed by atoms with Crippen LogP contribution in [-0.4, -0.2) is 33.7 Å². The zero-order valence-corrected chi connectivity index (χ0v) is 17.9. The average Bonchev–Trinajstić information content (AvgIpc) is 3.49. The van der Waals surface area contributed by atoms with E-state index < -0.39 is 17.9 Å². The molecule has 0 aliphatic carbocycles. The van der Waals surface area contributed by atoms with E-state index in [2.05, 4.69) is 20.6 Å². The van der Waals surface area contributed by atoms with Gasteiger partial charge in [-0.15, -0.1) is 22.7 Å². The first-order valence-electron chi connectivity index (χ1n) is 9.42. The number of thiophene rings is 1. The van der Waals surface area contributed by atoms with Crippen LogP contribution in [0.2, 0.25) is 0 Å². The monoisotopic (exact) mass is 453 g/mol. The van der Waals surface area contributed by atoms with Crippen LogP contribution in [0.5, 0.6) is 0 Å². The van der Waals surface area contributed by atoms with Crippen molar-refractivity contribution < 1.29 is 14.4 Å². The Balaban J connectivity index is 1.55. The molecule has 0 aliphatic rings. The van der Waals surface area contributed by atoms with Crippen molar-refractivity contribution in [3.8, 4) is 0 Å². The molecule has 3 amide bonds. The van der Waals surface area contributed by atoms with Crippen LogP contribution in [0.3, 0.4) is 0 Å². The summed E-state index contributed by atoms with van der Waals surface area (Å²) in [5.74, 6) is -1.21. The highest BCUT2D eigenvalue weighted by atomic mass is 32.1. The molecule has 4 rings (SSSR count). The number of fused-ring (bicyclic) bond motifs is 1. The maximum Gasteiger partial charge on any atom is 0.262 e. The number of aromatic nitrogens is 2. The van der Waals surface area contributed by atoms with E-state index in [9.17, 15) is 14.4 Å². The van der Waals surface area contributed by atoms with E-state index in [4.69, 9.17) is 5.73 Å². The Bertz CT molecular complexity index is 1230. The number of hydrogen-bond donors (Lipinski definition) is 4. The van der Waals surface area contributed by atoms with Gasteiger partial charge in [0.15, 0.2) is 5.13 Å². The normalized spacial score (nSPS) is 11.9. The number of rotatable bonds is 8. The lowest BCUT2D eigenvalue weighted by Gasteiger charge is -2.17. The minimum Gasteiger partial charge on any atom is -0.369 e. The maximum atomic E-state index is 13.1. The quantitative estimate of drug-likeness (QED) is 0.327. The molecule has 0 spiro atoms. The molecule has 1 unspecified atom stereocenters. The van der Waals surface area contributed by atoms with Crippen LogP contribution < -0.4 is 16.4 Å². The summed E-state index contributed by atoms with van der Waals surface area (Å²) in [4.78, 5) is 44.7. The molecule has 0 saturated carbocycles. The third-order valence-corrected chi connectivity index (χ3v) is 6.28. The van der Waals surface area contributed by atoms with E-state index in [1.54, 1.807) is 22.9 Å². The lowest BCUT2D eigenvalue weighted by atomic mass is 10.0. The highest BCUT2D eigenvalue weighted by Gasteiger charge is 2.24. The summed E-state index contributed by atoms with van der Waals surface area (Å²) < 4.78 is 0. The number of amides is 3. The number of nitrogens with one attached hydrogen (secondary N) is 3. The molecule has 0 fully saturated rings. The molecule has 10 heteroatoms. The van der Waals surface area contributed by atoms with Crippen LogP contribution in [0.1, 0.15) is 20.9 Å². The van der Waals surface area contributed by atoms with E-state index in [0.29, 0.717) is 22.1 Å². The van der Waals surface area contributed by atoms with Gasteiger partial charge < -0.3 is 21.4 Å². The molecule has 0 radical (unpaired) electrons. The largest absolute Gasteiger partial charge is 0.369 e. The van der Waals surface area contributed by atoms with Gasteiger partial charge in [-0.2, -0.15) is 0 Å². The first kappa shape index (κ1) is 20.8. The molecule has 8 nitrogen and oxygen atoms in total. The van der Waals surface area contributed by atoms with Gasteiger partial charge in [0, 0.05) is 28.9 Å². The van der Waals surface area contributed by atoms with Crippen molar-refractivity contribution in [3.05, 3.63) is 69.5 Å². The Morgan fingerprint density at radius 2 is 1.97 bits per heavy atom. The Kier molecular flexibility index (Phi) is 6.10. The summed E-state index contributed by atoms with van der Waals surface area (Å²) in [5.41, 5.74) is 7.55. The van der Waals surface area contributed by atoms with Crippen molar-refractivity contribution >= 4 is 56.4 Å². The van der Waals surface area contributed by atoms with Crippen LogP contribution in [-0.2, 0) is 22.4 Å². The summed E-state index contributed by atoms with van der Waals surface area (Å²) in [7, 11) is 0. The first-order valence-corrected chi connectivity index (χ1v) is 11.2. The fourth-order valence-electron chi connectivity index (χ4n) is 3.18. The standard InChI is InChI=1S/C21H19N5O3S2/c22-18(27)9-13-11-31-21(24-13)26-19(28)16(25-20(29)17-6-3-7-30-17)8-12-10-23-15-5-2-1-4-14(12)15/h1-7,10-11,16,23H,8-9H2,(H2,22,27)(H,25,29)(H,24,26,28). The smallest absolute Gasteiger partial charge is 0.262 e. The predicted molar refractivity (Wildman–Crippen MR) is 121 cm³/mol. The zero-order valence-electron chi connectivity index (χ0n) is 16.3. The minimum atomic E-state index is -0.822. The molecule has 4 aromatic rings. The fraction of sp³-hybridized carbons (Fsp3) is 0.143. The molecule has 31 heavy (non-hydrogen) atoms. The Hall–Kier alpha value is -3.50. The number of carbonyl (C=O) groups is 3. The fourth-order valence-corrected chi connectivity index (χ4v) is 4.52. The highest BCUT2D eigenvalue weighted by Crippen LogP contribution is 2.21. The van der Waals surface area contributed by atoms with Gasteiger partial charge in [-0.3, -0.25) is 14.4 Å². The number of H-pyrrole nitrogens is 1. The minimum absolute atomic E-state index is 0.000250. The first-order chi connectivity index (χ1) is 15.0. The van der Waals surface area contributed by atoms with Crippen molar-refractivity contribution in [2.75, 3.05) is 5.32 Å². The molecule has 5 N–H and O–H groups in total. The summed E-state index contributed by atoms with van der Waals surface area (Å²) >= 11 is 2.50. The van der Waals surface area contributed by atoms with Gasteiger partial charge in [-0.25, -0.2) is 4.98 Å². The van der Waals surface area contributed by atoms with Gasteiger partial charge in [0.05, 0.1) is 17.0 Å². The number of nitrogens with zero attached hydrogens (tertiary/aromatic N) is 1. The number of aromatic amines is 1. The van der Waals surface area contributed by atoms with Crippen molar-refractivity contribution in [3.63, 3.8) is 0 Å². The highest BCUT2D eigenvalue weighted by molar-refractivity contribution is 7.14. The van der Waals surface area contributed by atoms with Gasteiger partial charge >= 0.3 is 0 Å². The third-order valence-electron chi connectivity index (χ3n) is 4.60. The summed E-state index contributed by atoms with van der Waals surface area (Å²) in [6.45, 7) is 0. The van der Waals surface area contributed by atoms with Crippen LogP contribution in [0.15, 0.2) is 53.4 Å². The topological polar surface area (TPSA) is 130 Å². The number of nitrogens with two attached hydrogens (primary N) is 1. The van der Waals surface area contributed by atoms with E-state index in [1.165, 1.54) is 22.7 Å². The van der Waals surface area contributed by atoms with E-state index in [-0.39, 0.29) is 12.3 Å². The van der Waals surface area contributed by atoms with Crippen LogP contribution >= 0.6 is 22.7 Å². The number of primary amides is 1. The second-order valence-electron chi connectivity index (χ2n) is 6.84. The molecular formula is C21H19N5O3S2. The van der Waals surface area contributed by atoms with Crippen molar-refractivity contribution in [2.24, 2.45) is 5.73 Å². The Morgan fingerprint density at radius 1 is 1.13 bits per heavy atom. The zero-order chi connectivity index (χ0) is 21.8. The second-order valence-corrected chi connectivity index (χ2v) is 8.65. The Labute approximate surface area is 185 Å². The average molecular weight is 454 g/mol. The van der Waals surface area contributed by atoms with E-state index >= 15 is 0 Å². The molecule has 3 heterocycles. The van der Waals surface area contributed by atoms with Crippen molar-refractivity contribution in [2.45, 2.75) is 18.9 Å². The molecule has 0 aliphatic heterocycles. The molecule has 1 aromatic carbocycles. The number of anilines is 1. The summed E-state index contributed by atoms with van der Waals surface area (Å²) in [5, 5.41) is 10.4. The number of hydrogen-bond acceptors (Lipinski definition) is 6. The van der Waals surface area contributed by atoms with Crippen LogP contribution in [0.4, 0.5) is 5.13 Å². The maximum absolute atomic E-state index is 13.1. The van der Waals surface area contributed by atoms with Gasteiger partial charge in [-0.05, 0) is 23.1 Å². The van der Waals surface area contributed by atoms with Gasteiger partial charge in [0.25, 0.3) is 5.91 Å². The van der Waals surface area contributed by atoms with Gasteiger partial charge in [0.2, 0.25) is 11.8 Å².